The van der Waals surface area contributed by atoms with Gasteiger partial charge in [0.05, 0.1) is 12.2 Å². The number of thioether (sulfide) groups is 1. The molecule has 120 valence electrons. The SMILES string of the molecule is CCOc1ccccc1C1CC(=O)Nc2nc(SC)[nH]c(=O)c21. The fourth-order valence-corrected chi connectivity index (χ4v) is 3.15. The highest BCUT2D eigenvalue weighted by atomic mass is 32.2. The van der Waals surface area contributed by atoms with Crippen molar-refractivity contribution in [3.8, 4) is 5.75 Å². The summed E-state index contributed by atoms with van der Waals surface area (Å²) in [7, 11) is 0. The van der Waals surface area contributed by atoms with Gasteiger partial charge in [-0.15, -0.1) is 0 Å². The summed E-state index contributed by atoms with van der Waals surface area (Å²) in [6.45, 7) is 2.42. The summed E-state index contributed by atoms with van der Waals surface area (Å²) < 4.78 is 5.66. The second-order valence-corrected chi connectivity index (χ2v) is 5.91. The summed E-state index contributed by atoms with van der Waals surface area (Å²) in [6, 6.07) is 7.49. The van der Waals surface area contributed by atoms with Gasteiger partial charge < -0.3 is 15.0 Å². The number of nitrogens with zero attached hydrogens (tertiary/aromatic N) is 1. The summed E-state index contributed by atoms with van der Waals surface area (Å²) in [5.41, 5.74) is 1.08. The fraction of sp³-hybridized carbons (Fsp3) is 0.312. The molecule has 0 fully saturated rings. The van der Waals surface area contributed by atoms with Gasteiger partial charge in [-0.25, -0.2) is 4.98 Å². The van der Waals surface area contributed by atoms with Gasteiger partial charge in [0.2, 0.25) is 5.91 Å². The number of benzene rings is 1. The largest absolute Gasteiger partial charge is 0.494 e. The highest BCUT2D eigenvalue weighted by molar-refractivity contribution is 7.98. The maximum atomic E-state index is 12.5. The van der Waals surface area contributed by atoms with Crippen molar-refractivity contribution in [2.24, 2.45) is 0 Å². The smallest absolute Gasteiger partial charge is 0.257 e. The first kappa shape index (κ1) is 15.6. The molecule has 1 aliphatic rings. The number of nitrogens with one attached hydrogen (secondary N) is 2. The van der Waals surface area contributed by atoms with Gasteiger partial charge in [-0.2, -0.15) is 0 Å². The first-order valence-corrected chi connectivity index (χ1v) is 8.56. The Morgan fingerprint density at radius 1 is 1.35 bits per heavy atom. The Labute approximate surface area is 137 Å². The fourth-order valence-electron chi connectivity index (χ4n) is 2.77. The predicted octanol–water partition coefficient (Wildman–Crippen LogP) is 2.36. The average Bonchev–Trinajstić information content (AvgIpc) is 2.54. The Hall–Kier alpha value is -2.28. The third-order valence-electron chi connectivity index (χ3n) is 3.72. The zero-order valence-corrected chi connectivity index (χ0v) is 13.7. The molecule has 0 radical (unpaired) electrons. The Bertz CT molecular complexity index is 803. The van der Waals surface area contributed by atoms with E-state index in [1.54, 1.807) is 0 Å². The molecule has 2 aromatic rings. The minimum Gasteiger partial charge on any atom is -0.494 e. The number of amides is 1. The molecule has 1 aromatic carbocycles. The van der Waals surface area contributed by atoms with Gasteiger partial charge in [0.15, 0.2) is 5.16 Å². The van der Waals surface area contributed by atoms with Crippen LogP contribution in [0.2, 0.25) is 0 Å². The minimum atomic E-state index is -0.367. The Balaban J connectivity index is 2.16. The van der Waals surface area contributed by atoms with Crippen molar-refractivity contribution in [1.82, 2.24) is 9.97 Å². The maximum absolute atomic E-state index is 12.5. The molecule has 0 saturated heterocycles. The van der Waals surface area contributed by atoms with Crippen molar-refractivity contribution in [3.63, 3.8) is 0 Å². The second kappa shape index (κ2) is 6.45. The lowest BCUT2D eigenvalue weighted by atomic mass is 9.86. The molecule has 2 N–H and O–H groups in total. The predicted molar refractivity (Wildman–Crippen MR) is 89.3 cm³/mol. The van der Waals surface area contributed by atoms with E-state index in [1.807, 2.05) is 37.4 Å². The van der Waals surface area contributed by atoms with Crippen LogP contribution in [0.1, 0.15) is 30.4 Å². The van der Waals surface area contributed by atoms with Crippen molar-refractivity contribution < 1.29 is 9.53 Å². The van der Waals surface area contributed by atoms with E-state index in [0.717, 1.165) is 5.56 Å². The Morgan fingerprint density at radius 2 is 2.13 bits per heavy atom. The van der Waals surface area contributed by atoms with Crippen LogP contribution in [0.25, 0.3) is 0 Å². The molecule has 1 aromatic heterocycles. The monoisotopic (exact) mass is 331 g/mol. The molecule has 0 spiro atoms. The quantitative estimate of drug-likeness (QED) is 0.664. The molecule has 6 nitrogen and oxygen atoms in total. The van der Waals surface area contributed by atoms with Crippen LogP contribution in [0.3, 0.4) is 0 Å². The molecular weight excluding hydrogens is 314 g/mol. The number of aromatic nitrogens is 2. The third-order valence-corrected chi connectivity index (χ3v) is 4.30. The number of anilines is 1. The van der Waals surface area contributed by atoms with Gasteiger partial charge in [0, 0.05) is 17.9 Å². The normalized spacial score (nSPS) is 16.6. The third kappa shape index (κ3) is 2.96. The second-order valence-electron chi connectivity index (χ2n) is 5.11. The first-order valence-electron chi connectivity index (χ1n) is 7.33. The molecule has 7 heteroatoms. The molecule has 0 bridgehead atoms. The van der Waals surface area contributed by atoms with Crippen molar-refractivity contribution in [2.45, 2.75) is 24.4 Å². The van der Waals surface area contributed by atoms with E-state index >= 15 is 0 Å². The van der Waals surface area contributed by atoms with Crippen molar-refractivity contribution in [1.29, 1.82) is 0 Å². The van der Waals surface area contributed by atoms with Crippen LogP contribution in [0.4, 0.5) is 5.82 Å². The zero-order chi connectivity index (χ0) is 16.4. The number of hydrogen-bond donors (Lipinski definition) is 2. The molecule has 1 amide bonds. The number of hydrogen-bond acceptors (Lipinski definition) is 5. The lowest BCUT2D eigenvalue weighted by Crippen LogP contribution is -2.31. The van der Waals surface area contributed by atoms with E-state index in [0.29, 0.717) is 28.9 Å². The highest BCUT2D eigenvalue weighted by Gasteiger charge is 2.32. The summed E-state index contributed by atoms with van der Waals surface area (Å²) in [6.07, 6.45) is 2.01. The number of H-pyrrole nitrogens is 1. The van der Waals surface area contributed by atoms with Gasteiger partial charge in [-0.05, 0) is 19.2 Å². The topological polar surface area (TPSA) is 84.1 Å². The number of aromatic amines is 1. The zero-order valence-electron chi connectivity index (χ0n) is 12.9. The van der Waals surface area contributed by atoms with Crippen LogP contribution in [-0.2, 0) is 4.79 Å². The average molecular weight is 331 g/mol. The molecule has 2 heterocycles. The van der Waals surface area contributed by atoms with E-state index in [4.69, 9.17) is 4.74 Å². The van der Waals surface area contributed by atoms with Gasteiger partial charge in [0.25, 0.3) is 5.56 Å². The lowest BCUT2D eigenvalue weighted by molar-refractivity contribution is -0.116. The first-order chi connectivity index (χ1) is 11.1. The summed E-state index contributed by atoms with van der Waals surface area (Å²) >= 11 is 1.32. The van der Waals surface area contributed by atoms with Gasteiger partial charge in [0.1, 0.15) is 11.6 Å². The van der Waals surface area contributed by atoms with Crippen LogP contribution in [0, 0.1) is 0 Å². The van der Waals surface area contributed by atoms with E-state index < -0.39 is 0 Å². The standard InChI is InChI=1S/C16H17N3O3S/c1-3-22-11-7-5-4-6-9(11)10-8-12(20)17-14-13(10)15(21)19-16(18-14)23-2/h4-7,10H,3,8H2,1-2H3,(H2,17,18,19,20,21). The van der Waals surface area contributed by atoms with Crippen molar-refractivity contribution in [3.05, 3.63) is 45.7 Å². The molecular formula is C16H17N3O3S. The van der Waals surface area contributed by atoms with Gasteiger partial charge >= 0.3 is 0 Å². The Kier molecular flexibility index (Phi) is 4.38. The van der Waals surface area contributed by atoms with E-state index in [1.165, 1.54) is 11.8 Å². The number of carbonyl (C=O) groups is 1. The Morgan fingerprint density at radius 3 is 2.87 bits per heavy atom. The van der Waals surface area contributed by atoms with Crippen molar-refractivity contribution >= 4 is 23.5 Å². The highest BCUT2D eigenvalue weighted by Crippen LogP contribution is 2.38. The van der Waals surface area contributed by atoms with E-state index in [2.05, 4.69) is 15.3 Å². The minimum absolute atomic E-state index is 0.154. The molecule has 1 atom stereocenters. The lowest BCUT2D eigenvalue weighted by Gasteiger charge is -2.25. The number of fused-ring (bicyclic) bond motifs is 1. The molecule has 1 unspecified atom stereocenters. The number of rotatable bonds is 4. The van der Waals surface area contributed by atoms with Crippen LogP contribution in [0.15, 0.2) is 34.2 Å². The van der Waals surface area contributed by atoms with Gasteiger partial charge in [-0.1, -0.05) is 30.0 Å². The number of carbonyl (C=O) groups excluding carboxylic acids is 1. The van der Waals surface area contributed by atoms with Crippen LogP contribution < -0.4 is 15.6 Å². The molecule has 0 saturated carbocycles. The maximum Gasteiger partial charge on any atom is 0.257 e. The molecule has 1 aliphatic heterocycles. The molecule has 23 heavy (non-hydrogen) atoms. The van der Waals surface area contributed by atoms with Gasteiger partial charge in [-0.3, -0.25) is 9.59 Å². The molecule has 3 rings (SSSR count). The van der Waals surface area contributed by atoms with E-state index in [9.17, 15) is 9.59 Å². The summed E-state index contributed by atoms with van der Waals surface area (Å²) in [5, 5.41) is 3.18. The van der Waals surface area contributed by atoms with Crippen LogP contribution in [-0.4, -0.2) is 28.7 Å². The summed E-state index contributed by atoms with van der Waals surface area (Å²) in [5.74, 6) is 0.507. The van der Waals surface area contributed by atoms with Crippen molar-refractivity contribution in [2.75, 3.05) is 18.2 Å². The number of para-hydroxylation sites is 1. The number of ether oxygens (including phenoxy) is 1. The van der Waals surface area contributed by atoms with Crippen LogP contribution >= 0.6 is 11.8 Å². The summed E-state index contributed by atoms with van der Waals surface area (Å²) in [4.78, 5) is 31.7. The van der Waals surface area contributed by atoms with Crippen LogP contribution in [0.5, 0.6) is 5.75 Å². The molecule has 0 aliphatic carbocycles. The van der Waals surface area contributed by atoms with E-state index in [-0.39, 0.29) is 23.8 Å².